The highest BCUT2D eigenvalue weighted by Crippen LogP contribution is 2.22. The van der Waals surface area contributed by atoms with Crippen LogP contribution < -0.4 is 5.73 Å². The van der Waals surface area contributed by atoms with Gasteiger partial charge in [-0.15, -0.1) is 0 Å². The summed E-state index contributed by atoms with van der Waals surface area (Å²) in [5, 5.41) is 0. The monoisotopic (exact) mass is 254 g/mol. The van der Waals surface area contributed by atoms with E-state index in [1.54, 1.807) is 19.2 Å². The predicted octanol–water partition coefficient (Wildman–Crippen LogP) is 2.18. The topological polar surface area (TPSA) is 38.5 Å². The Kier molecular flexibility index (Phi) is 6.25. The Morgan fingerprint density at radius 3 is 2.39 bits per heavy atom. The van der Waals surface area contributed by atoms with E-state index in [0.29, 0.717) is 13.2 Å². The molecule has 2 unspecified atom stereocenters. The Bertz CT molecular complexity index is 342. The fourth-order valence-corrected chi connectivity index (χ4v) is 2.32. The largest absolute Gasteiger partial charge is 0.383 e. The lowest BCUT2D eigenvalue weighted by atomic mass is 10.0. The van der Waals surface area contributed by atoms with Gasteiger partial charge in [-0.25, -0.2) is 4.39 Å². The molecule has 3 nitrogen and oxygen atoms in total. The van der Waals surface area contributed by atoms with Gasteiger partial charge in [0, 0.05) is 25.7 Å². The van der Waals surface area contributed by atoms with Gasteiger partial charge >= 0.3 is 0 Å². The Labute approximate surface area is 109 Å². The van der Waals surface area contributed by atoms with E-state index >= 15 is 0 Å². The highest BCUT2D eigenvalue weighted by atomic mass is 19.1. The summed E-state index contributed by atoms with van der Waals surface area (Å²) in [6.45, 7) is 6.25. The highest BCUT2D eigenvalue weighted by Gasteiger charge is 2.22. The van der Waals surface area contributed by atoms with Gasteiger partial charge in [-0.3, -0.25) is 4.90 Å². The van der Waals surface area contributed by atoms with Crippen LogP contribution >= 0.6 is 0 Å². The summed E-state index contributed by atoms with van der Waals surface area (Å²) in [5.74, 6) is -0.220. The summed E-state index contributed by atoms with van der Waals surface area (Å²) >= 11 is 0. The molecule has 0 heterocycles. The first-order valence-corrected chi connectivity index (χ1v) is 6.34. The first-order chi connectivity index (χ1) is 8.63. The minimum atomic E-state index is -0.220. The molecule has 18 heavy (non-hydrogen) atoms. The molecule has 0 radical (unpaired) electrons. The molecule has 0 aromatic heterocycles. The first-order valence-electron chi connectivity index (χ1n) is 6.34. The summed E-state index contributed by atoms with van der Waals surface area (Å²) in [4.78, 5) is 2.27. The number of rotatable bonds is 7. The minimum absolute atomic E-state index is 0.0979. The van der Waals surface area contributed by atoms with Gasteiger partial charge in [-0.1, -0.05) is 19.1 Å². The van der Waals surface area contributed by atoms with E-state index in [9.17, 15) is 4.39 Å². The van der Waals surface area contributed by atoms with Gasteiger partial charge in [0.15, 0.2) is 0 Å². The molecule has 4 heteroatoms. The van der Waals surface area contributed by atoms with Crippen molar-refractivity contribution in [3.05, 3.63) is 35.6 Å². The maximum atomic E-state index is 13.0. The van der Waals surface area contributed by atoms with Crippen LogP contribution in [0.3, 0.4) is 0 Å². The summed E-state index contributed by atoms with van der Waals surface area (Å²) in [6.07, 6.45) is 0. The summed E-state index contributed by atoms with van der Waals surface area (Å²) < 4.78 is 18.1. The summed E-state index contributed by atoms with van der Waals surface area (Å²) in [7, 11) is 1.69. The zero-order valence-electron chi connectivity index (χ0n) is 11.4. The Hall–Kier alpha value is -0.970. The van der Waals surface area contributed by atoms with Crippen molar-refractivity contribution in [1.29, 1.82) is 0 Å². The van der Waals surface area contributed by atoms with Gasteiger partial charge in [0.1, 0.15) is 5.82 Å². The van der Waals surface area contributed by atoms with Gasteiger partial charge in [-0.2, -0.15) is 0 Å². The predicted molar refractivity (Wildman–Crippen MR) is 71.9 cm³/mol. The van der Waals surface area contributed by atoms with E-state index in [2.05, 4.69) is 18.7 Å². The van der Waals surface area contributed by atoms with E-state index in [1.165, 1.54) is 12.1 Å². The van der Waals surface area contributed by atoms with Crippen LogP contribution in [-0.2, 0) is 4.74 Å². The lowest BCUT2D eigenvalue weighted by Gasteiger charge is -2.35. The standard InChI is InChI=1S/C14H23FN2O/c1-4-17(11(2)10-18-3)14(9-16)12-5-7-13(15)8-6-12/h5-8,11,14H,4,9-10,16H2,1-3H3. The van der Waals surface area contributed by atoms with Crippen LogP contribution in [0.25, 0.3) is 0 Å². The molecule has 1 rings (SSSR count). The zero-order valence-corrected chi connectivity index (χ0v) is 11.4. The molecule has 1 aromatic rings. The van der Waals surface area contributed by atoms with E-state index in [1.807, 2.05) is 0 Å². The minimum Gasteiger partial charge on any atom is -0.383 e. The van der Waals surface area contributed by atoms with E-state index in [0.717, 1.165) is 12.1 Å². The average Bonchev–Trinajstić information content (AvgIpc) is 2.37. The third-order valence-electron chi connectivity index (χ3n) is 3.22. The molecule has 0 fully saturated rings. The van der Waals surface area contributed by atoms with Gasteiger partial charge in [0.25, 0.3) is 0 Å². The summed E-state index contributed by atoms with van der Waals surface area (Å²) in [5.41, 5.74) is 6.92. The molecule has 0 aliphatic heterocycles. The van der Waals surface area contributed by atoms with Crippen LogP contribution in [0, 0.1) is 5.82 Å². The van der Waals surface area contributed by atoms with Crippen molar-refractivity contribution in [1.82, 2.24) is 4.90 Å². The Morgan fingerprint density at radius 2 is 1.94 bits per heavy atom. The maximum Gasteiger partial charge on any atom is 0.123 e. The third kappa shape index (κ3) is 3.77. The highest BCUT2D eigenvalue weighted by molar-refractivity contribution is 5.20. The molecule has 0 bridgehead atoms. The number of nitrogens with two attached hydrogens (primary N) is 1. The SMILES string of the molecule is CCN(C(C)COC)C(CN)c1ccc(F)cc1. The number of benzene rings is 1. The molecular formula is C14H23FN2O. The maximum absolute atomic E-state index is 13.0. The van der Waals surface area contributed by atoms with Crippen LogP contribution in [0.2, 0.25) is 0 Å². The van der Waals surface area contributed by atoms with Crippen LogP contribution in [-0.4, -0.2) is 37.7 Å². The molecule has 0 spiro atoms. The number of ether oxygens (including phenoxy) is 1. The van der Waals surface area contributed by atoms with Crippen molar-refractivity contribution in [2.24, 2.45) is 5.73 Å². The van der Waals surface area contributed by atoms with Crippen LogP contribution in [0.15, 0.2) is 24.3 Å². The van der Waals surface area contributed by atoms with E-state index in [4.69, 9.17) is 10.5 Å². The van der Waals surface area contributed by atoms with Gasteiger partial charge in [0.2, 0.25) is 0 Å². The Balaban J connectivity index is 2.88. The van der Waals surface area contributed by atoms with Crippen molar-refractivity contribution < 1.29 is 9.13 Å². The average molecular weight is 254 g/mol. The second-order valence-corrected chi connectivity index (χ2v) is 4.44. The lowest BCUT2D eigenvalue weighted by Crippen LogP contribution is -2.42. The van der Waals surface area contributed by atoms with E-state index < -0.39 is 0 Å². The molecule has 0 saturated heterocycles. The number of hydrogen-bond acceptors (Lipinski definition) is 3. The second-order valence-electron chi connectivity index (χ2n) is 4.44. The van der Waals surface area contributed by atoms with Crippen molar-refractivity contribution in [3.63, 3.8) is 0 Å². The van der Waals surface area contributed by atoms with Crippen LogP contribution in [0.4, 0.5) is 4.39 Å². The summed E-state index contributed by atoms with van der Waals surface area (Å²) in [6, 6.07) is 6.93. The smallest absolute Gasteiger partial charge is 0.123 e. The molecule has 0 aliphatic rings. The molecule has 2 N–H and O–H groups in total. The van der Waals surface area contributed by atoms with Crippen molar-refractivity contribution in [2.45, 2.75) is 25.9 Å². The van der Waals surface area contributed by atoms with E-state index in [-0.39, 0.29) is 17.9 Å². The molecule has 2 atom stereocenters. The molecule has 1 aromatic carbocycles. The quantitative estimate of drug-likeness (QED) is 0.810. The van der Waals surface area contributed by atoms with Crippen LogP contribution in [0.5, 0.6) is 0 Å². The molecule has 0 saturated carbocycles. The number of likely N-dealkylation sites (N-methyl/N-ethyl adjacent to an activating group) is 1. The van der Waals surface area contributed by atoms with Crippen molar-refractivity contribution in [3.8, 4) is 0 Å². The molecule has 0 amide bonds. The third-order valence-corrected chi connectivity index (χ3v) is 3.22. The van der Waals surface area contributed by atoms with Crippen molar-refractivity contribution >= 4 is 0 Å². The molecule has 102 valence electrons. The lowest BCUT2D eigenvalue weighted by molar-refractivity contribution is 0.0751. The van der Waals surface area contributed by atoms with Gasteiger partial charge in [0.05, 0.1) is 6.61 Å². The number of nitrogens with zero attached hydrogens (tertiary/aromatic N) is 1. The van der Waals surface area contributed by atoms with Crippen molar-refractivity contribution in [2.75, 3.05) is 26.8 Å². The normalized spacial score (nSPS) is 14.8. The first kappa shape index (κ1) is 15.1. The zero-order chi connectivity index (χ0) is 13.5. The number of methoxy groups -OCH3 is 1. The number of hydrogen-bond donors (Lipinski definition) is 1. The fraction of sp³-hybridized carbons (Fsp3) is 0.571. The molecular weight excluding hydrogens is 231 g/mol. The van der Waals surface area contributed by atoms with Gasteiger partial charge in [-0.05, 0) is 31.2 Å². The fourth-order valence-electron chi connectivity index (χ4n) is 2.32. The Morgan fingerprint density at radius 1 is 1.33 bits per heavy atom. The second kappa shape index (κ2) is 7.46. The van der Waals surface area contributed by atoms with Crippen LogP contribution in [0.1, 0.15) is 25.5 Å². The van der Waals surface area contributed by atoms with Gasteiger partial charge < -0.3 is 10.5 Å². The molecule has 0 aliphatic carbocycles. The number of halogens is 1.